The van der Waals surface area contributed by atoms with Gasteiger partial charge in [-0.1, -0.05) is 31.8 Å². The van der Waals surface area contributed by atoms with Gasteiger partial charge in [0.2, 0.25) is 0 Å². The van der Waals surface area contributed by atoms with Crippen molar-refractivity contribution in [2.75, 3.05) is 13.6 Å². The fourth-order valence-corrected chi connectivity index (χ4v) is 3.11. The Labute approximate surface area is 112 Å². The molecule has 3 heteroatoms. The van der Waals surface area contributed by atoms with Gasteiger partial charge in [-0.15, -0.1) is 0 Å². The molecular formula is C15H28N3+. The number of rotatable bonds is 6. The molecule has 0 amide bonds. The number of nitrogens with zero attached hydrogens (tertiary/aromatic N) is 2. The molecule has 1 N–H and O–H groups in total. The summed E-state index contributed by atoms with van der Waals surface area (Å²) in [5, 5.41) is 8.32. The van der Waals surface area contributed by atoms with Crippen LogP contribution in [0.2, 0.25) is 0 Å². The first-order valence-electron chi connectivity index (χ1n) is 7.55. The van der Waals surface area contributed by atoms with Gasteiger partial charge >= 0.3 is 0 Å². The molecule has 18 heavy (non-hydrogen) atoms. The van der Waals surface area contributed by atoms with Crippen LogP contribution in [0.5, 0.6) is 0 Å². The summed E-state index contributed by atoms with van der Waals surface area (Å²) in [5.74, 6) is 0.772. The molecule has 0 bridgehead atoms. The molecule has 2 rings (SSSR count). The molecule has 3 nitrogen and oxygen atoms in total. The van der Waals surface area contributed by atoms with E-state index in [0.717, 1.165) is 17.1 Å². The van der Waals surface area contributed by atoms with Gasteiger partial charge in [-0.3, -0.25) is 0 Å². The molecule has 1 atom stereocenters. The van der Waals surface area contributed by atoms with E-state index in [2.05, 4.69) is 37.5 Å². The van der Waals surface area contributed by atoms with Crippen LogP contribution >= 0.6 is 0 Å². The Morgan fingerprint density at radius 2 is 2.00 bits per heavy atom. The summed E-state index contributed by atoms with van der Waals surface area (Å²) < 4.78 is 0.724. The summed E-state index contributed by atoms with van der Waals surface area (Å²) >= 11 is 0. The summed E-state index contributed by atoms with van der Waals surface area (Å²) in [6, 6.07) is 0.683. The van der Waals surface area contributed by atoms with E-state index in [-0.39, 0.29) is 0 Å². The van der Waals surface area contributed by atoms with Crippen LogP contribution in [0.3, 0.4) is 0 Å². The van der Waals surface area contributed by atoms with Crippen LogP contribution in [0.4, 0.5) is 0 Å². The molecule has 0 aromatic carbocycles. The van der Waals surface area contributed by atoms with Gasteiger partial charge in [0.15, 0.2) is 0 Å². The van der Waals surface area contributed by atoms with Gasteiger partial charge in [-0.05, 0) is 25.7 Å². The largest absolute Gasteiger partial charge is 0.377 e. The van der Waals surface area contributed by atoms with Gasteiger partial charge in [0.25, 0.3) is 0 Å². The van der Waals surface area contributed by atoms with Crippen LogP contribution in [-0.4, -0.2) is 30.4 Å². The van der Waals surface area contributed by atoms with Crippen LogP contribution in [0, 0.1) is 5.92 Å². The third-order valence-electron chi connectivity index (χ3n) is 4.39. The van der Waals surface area contributed by atoms with Crippen LogP contribution in [-0.2, 0) is 0 Å². The average Bonchev–Trinajstić information content (AvgIpc) is 2.98. The predicted molar refractivity (Wildman–Crippen MR) is 77.1 cm³/mol. The highest BCUT2D eigenvalue weighted by atomic mass is 15.6. The molecule has 0 aromatic rings. The van der Waals surface area contributed by atoms with E-state index in [0.29, 0.717) is 6.04 Å². The van der Waals surface area contributed by atoms with Crippen molar-refractivity contribution in [1.29, 1.82) is 0 Å². The Hall–Kier alpha value is -0.830. The lowest BCUT2D eigenvalue weighted by atomic mass is 10.0. The fraction of sp³-hybridized carbons (Fsp3) is 0.800. The minimum atomic E-state index is 0.683. The van der Waals surface area contributed by atoms with E-state index in [1.165, 1.54) is 44.2 Å². The van der Waals surface area contributed by atoms with Crippen LogP contribution in [0.1, 0.15) is 52.4 Å². The maximum absolute atomic E-state index is 4.68. The molecular weight excluding hydrogens is 222 g/mol. The summed E-state index contributed by atoms with van der Waals surface area (Å²) in [6.45, 7) is 5.68. The van der Waals surface area contributed by atoms with Crippen molar-refractivity contribution in [2.45, 2.75) is 58.4 Å². The van der Waals surface area contributed by atoms with E-state index in [1.807, 2.05) is 6.21 Å². The van der Waals surface area contributed by atoms with Gasteiger partial charge < -0.3 is 5.32 Å². The lowest BCUT2D eigenvalue weighted by molar-refractivity contribution is -0.867. The van der Waals surface area contributed by atoms with Crippen molar-refractivity contribution in [1.82, 2.24) is 5.32 Å². The Bertz CT molecular complexity index is 325. The number of hydrogen-bond acceptors (Lipinski definition) is 2. The zero-order chi connectivity index (χ0) is 13.0. The molecule has 1 aliphatic carbocycles. The Kier molecular flexibility index (Phi) is 4.44. The topological polar surface area (TPSA) is 24.4 Å². The summed E-state index contributed by atoms with van der Waals surface area (Å²) in [5.41, 5.74) is 1.23. The molecule has 1 saturated carbocycles. The summed E-state index contributed by atoms with van der Waals surface area (Å²) in [4.78, 5) is 0. The van der Waals surface area contributed by atoms with Crippen LogP contribution in [0.15, 0.2) is 17.0 Å². The SMILES string of the molecule is CCC(CC)C[N+]1(C)C=C(NC2CCCC2)C=N1. The van der Waals surface area contributed by atoms with Gasteiger partial charge in [0, 0.05) is 12.0 Å². The van der Waals surface area contributed by atoms with Gasteiger partial charge in [0.05, 0.1) is 7.05 Å². The van der Waals surface area contributed by atoms with Gasteiger partial charge in [-0.25, -0.2) is 0 Å². The van der Waals surface area contributed by atoms with Crippen molar-refractivity contribution in [3.8, 4) is 0 Å². The zero-order valence-electron chi connectivity index (χ0n) is 12.2. The maximum atomic E-state index is 4.68. The smallest absolute Gasteiger partial charge is 0.147 e. The molecule has 0 radical (unpaired) electrons. The number of quaternary nitrogens is 1. The van der Waals surface area contributed by atoms with E-state index < -0.39 is 0 Å². The molecule has 0 aromatic heterocycles. The molecule has 1 heterocycles. The monoisotopic (exact) mass is 250 g/mol. The standard InChI is InChI=1S/C15H28N3/c1-4-13(5-2)11-18(3)12-15(10-16-18)17-14-8-6-7-9-14/h10,12-14,17H,4-9,11H2,1-3H3/q+1. The Morgan fingerprint density at radius 1 is 1.33 bits per heavy atom. The van der Waals surface area contributed by atoms with Gasteiger partial charge in [-0.2, -0.15) is 4.59 Å². The number of hydrogen-bond donors (Lipinski definition) is 1. The van der Waals surface area contributed by atoms with Crippen molar-refractivity contribution >= 4 is 6.21 Å². The van der Waals surface area contributed by atoms with E-state index >= 15 is 0 Å². The normalized spacial score (nSPS) is 28.1. The molecule has 2 aliphatic rings. The lowest BCUT2D eigenvalue weighted by Gasteiger charge is -2.24. The molecule has 1 fully saturated rings. The maximum Gasteiger partial charge on any atom is 0.147 e. The first-order valence-corrected chi connectivity index (χ1v) is 7.55. The van der Waals surface area contributed by atoms with Crippen LogP contribution < -0.4 is 5.32 Å². The predicted octanol–water partition coefficient (Wildman–Crippen LogP) is 3.24. The van der Waals surface area contributed by atoms with Crippen LogP contribution in [0.25, 0.3) is 0 Å². The van der Waals surface area contributed by atoms with E-state index in [1.54, 1.807) is 0 Å². The minimum absolute atomic E-state index is 0.683. The zero-order valence-corrected chi connectivity index (χ0v) is 12.2. The minimum Gasteiger partial charge on any atom is -0.377 e. The third kappa shape index (κ3) is 3.35. The highest BCUT2D eigenvalue weighted by Gasteiger charge is 2.29. The molecule has 1 unspecified atom stereocenters. The Balaban J connectivity index is 1.91. The average molecular weight is 250 g/mol. The first-order chi connectivity index (χ1) is 8.65. The molecule has 102 valence electrons. The fourth-order valence-electron chi connectivity index (χ4n) is 3.11. The highest BCUT2D eigenvalue weighted by Crippen LogP contribution is 2.23. The number of nitrogens with one attached hydrogen (secondary N) is 1. The lowest BCUT2D eigenvalue weighted by Crippen LogP contribution is -2.36. The Morgan fingerprint density at radius 3 is 2.61 bits per heavy atom. The van der Waals surface area contributed by atoms with Crippen molar-refractivity contribution in [3.63, 3.8) is 0 Å². The van der Waals surface area contributed by atoms with E-state index in [9.17, 15) is 0 Å². The quantitative estimate of drug-likeness (QED) is 0.719. The second-order valence-corrected chi connectivity index (χ2v) is 6.03. The number of allylic oxidation sites excluding steroid dienone is 1. The van der Waals surface area contributed by atoms with Crippen molar-refractivity contribution in [2.24, 2.45) is 11.0 Å². The first kappa shape index (κ1) is 13.6. The molecule has 1 aliphatic heterocycles. The second-order valence-electron chi connectivity index (χ2n) is 6.03. The molecule has 0 saturated heterocycles. The van der Waals surface area contributed by atoms with Gasteiger partial charge in [0.1, 0.15) is 24.7 Å². The molecule has 0 spiro atoms. The third-order valence-corrected chi connectivity index (χ3v) is 4.39. The second kappa shape index (κ2) is 5.87. The summed E-state index contributed by atoms with van der Waals surface area (Å²) in [6.07, 6.45) is 12.2. The van der Waals surface area contributed by atoms with Crippen molar-refractivity contribution < 1.29 is 4.59 Å². The van der Waals surface area contributed by atoms with E-state index in [4.69, 9.17) is 0 Å². The van der Waals surface area contributed by atoms with Crippen molar-refractivity contribution in [3.05, 3.63) is 11.9 Å². The highest BCUT2D eigenvalue weighted by molar-refractivity contribution is 5.78. The summed E-state index contributed by atoms with van der Waals surface area (Å²) in [7, 11) is 2.21.